The maximum atomic E-state index is 12.0. The maximum absolute atomic E-state index is 12.0. The smallest absolute Gasteiger partial charge is 0.257 e. The molecule has 0 fully saturated rings. The fourth-order valence-electron chi connectivity index (χ4n) is 1.61. The van der Waals surface area contributed by atoms with E-state index in [0.29, 0.717) is 10.6 Å². The second kappa shape index (κ2) is 7.20. The van der Waals surface area contributed by atoms with E-state index in [4.69, 9.17) is 23.8 Å². The van der Waals surface area contributed by atoms with Crippen molar-refractivity contribution in [3.63, 3.8) is 0 Å². The molecule has 0 aliphatic rings. The van der Waals surface area contributed by atoms with Crippen LogP contribution >= 0.6 is 46.4 Å². The predicted octanol–water partition coefficient (Wildman–Crippen LogP) is 4.38. The van der Waals surface area contributed by atoms with Gasteiger partial charge in [-0.3, -0.25) is 10.1 Å². The van der Waals surface area contributed by atoms with E-state index in [1.165, 1.54) is 0 Å². The summed E-state index contributed by atoms with van der Waals surface area (Å²) in [4.78, 5) is 12.0. The number of nitrogens with one attached hydrogen (secondary N) is 2. The average Bonchev–Trinajstić information content (AvgIpc) is 2.43. The fourth-order valence-corrected chi connectivity index (χ4v) is 2.36. The molecule has 2 N–H and O–H groups in total. The quantitative estimate of drug-likeness (QED) is 0.549. The molecular weight excluding hydrogens is 419 g/mol. The minimum absolute atomic E-state index is 0.235. The Labute approximate surface area is 147 Å². The van der Waals surface area contributed by atoms with Crippen molar-refractivity contribution in [2.75, 3.05) is 5.32 Å². The number of carbonyl (C=O) groups is 1. The Morgan fingerprint density at radius 1 is 1.19 bits per heavy atom. The van der Waals surface area contributed by atoms with E-state index in [1.54, 1.807) is 18.2 Å². The van der Waals surface area contributed by atoms with E-state index >= 15 is 0 Å². The van der Waals surface area contributed by atoms with Crippen molar-refractivity contribution in [3.8, 4) is 0 Å². The van der Waals surface area contributed by atoms with Crippen molar-refractivity contribution < 1.29 is 4.79 Å². The molecule has 2 aromatic carbocycles. The van der Waals surface area contributed by atoms with Gasteiger partial charge in [0.05, 0.1) is 0 Å². The summed E-state index contributed by atoms with van der Waals surface area (Å²) in [6.07, 6.45) is 0. The standard InChI is InChI=1S/C15H12ClIN2OS/c1-9-2-7-12(8-13(9)16)18-15(21)19-14(20)10-3-5-11(17)6-4-10/h2-8H,1H3,(H2,18,19,20,21). The van der Waals surface area contributed by atoms with Crippen LogP contribution in [0.25, 0.3) is 0 Å². The third-order valence-electron chi connectivity index (χ3n) is 2.76. The van der Waals surface area contributed by atoms with Crippen LogP contribution in [-0.2, 0) is 0 Å². The van der Waals surface area contributed by atoms with Crippen molar-refractivity contribution in [2.45, 2.75) is 6.92 Å². The lowest BCUT2D eigenvalue weighted by Gasteiger charge is -2.10. The van der Waals surface area contributed by atoms with Crippen molar-refractivity contribution in [1.29, 1.82) is 0 Å². The Hall–Kier alpha value is -1.18. The third kappa shape index (κ3) is 4.66. The molecule has 3 nitrogen and oxygen atoms in total. The first-order valence-electron chi connectivity index (χ1n) is 6.10. The number of aryl methyl sites for hydroxylation is 1. The summed E-state index contributed by atoms with van der Waals surface area (Å²) in [6, 6.07) is 12.7. The third-order valence-corrected chi connectivity index (χ3v) is 4.09. The largest absolute Gasteiger partial charge is 0.332 e. The van der Waals surface area contributed by atoms with Crippen LogP contribution in [-0.4, -0.2) is 11.0 Å². The molecule has 0 heterocycles. The lowest BCUT2D eigenvalue weighted by molar-refractivity contribution is 0.0977. The number of halogens is 2. The van der Waals surface area contributed by atoms with Crippen LogP contribution in [0.4, 0.5) is 5.69 Å². The number of carbonyl (C=O) groups excluding carboxylic acids is 1. The minimum atomic E-state index is -0.248. The van der Waals surface area contributed by atoms with Gasteiger partial charge in [0.2, 0.25) is 0 Å². The van der Waals surface area contributed by atoms with Crippen molar-refractivity contribution in [3.05, 3.63) is 62.2 Å². The molecule has 0 radical (unpaired) electrons. The Balaban J connectivity index is 1.99. The number of amides is 1. The summed E-state index contributed by atoms with van der Waals surface area (Å²) in [7, 11) is 0. The number of anilines is 1. The zero-order valence-electron chi connectivity index (χ0n) is 11.1. The molecule has 0 bridgehead atoms. The lowest BCUT2D eigenvalue weighted by Crippen LogP contribution is -2.34. The average molecular weight is 431 g/mol. The highest BCUT2D eigenvalue weighted by atomic mass is 127. The van der Waals surface area contributed by atoms with Crippen LogP contribution in [0.3, 0.4) is 0 Å². The van der Waals surface area contributed by atoms with Crippen LogP contribution in [0.15, 0.2) is 42.5 Å². The summed E-state index contributed by atoms with van der Waals surface area (Å²) in [5, 5.41) is 6.45. The SMILES string of the molecule is Cc1ccc(NC(=S)NC(=O)c2ccc(I)cc2)cc1Cl. The van der Waals surface area contributed by atoms with E-state index in [-0.39, 0.29) is 11.0 Å². The van der Waals surface area contributed by atoms with Crippen LogP contribution < -0.4 is 10.6 Å². The Bertz CT molecular complexity index is 689. The highest BCUT2D eigenvalue weighted by Crippen LogP contribution is 2.19. The molecule has 0 aliphatic carbocycles. The van der Waals surface area contributed by atoms with Gasteiger partial charge in [0, 0.05) is 19.8 Å². The molecule has 0 unspecified atom stereocenters. The van der Waals surface area contributed by atoms with Crippen molar-refractivity contribution in [1.82, 2.24) is 5.32 Å². The number of thiocarbonyl (C=S) groups is 1. The van der Waals surface area contributed by atoms with Crippen LogP contribution in [0.5, 0.6) is 0 Å². The molecule has 108 valence electrons. The van der Waals surface area contributed by atoms with Gasteiger partial charge >= 0.3 is 0 Å². The van der Waals surface area contributed by atoms with Crippen molar-refractivity contribution in [2.24, 2.45) is 0 Å². The molecule has 0 atom stereocenters. The van der Waals surface area contributed by atoms with Gasteiger partial charge in [-0.15, -0.1) is 0 Å². The van der Waals surface area contributed by atoms with Gasteiger partial charge in [-0.25, -0.2) is 0 Å². The molecule has 6 heteroatoms. The topological polar surface area (TPSA) is 41.1 Å². The summed E-state index contributed by atoms with van der Waals surface area (Å²) in [6.45, 7) is 1.92. The number of rotatable bonds is 2. The monoisotopic (exact) mass is 430 g/mol. The van der Waals surface area contributed by atoms with E-state index in [1.807, 2.05) is 31.2 Å². The van der Waals surface area contributed by atoms with Crippen molar-refractivity contribution >= 4 is 63.1 Å². The second-order valence-electron chi connectivity index (χ2n) is 4.38. The Morgan fingerprint density at radius 3 is 2.48 bits per heavy atom. The zero-order valence-corrected chi connectivity index (χ0v) is 14.8. The van der Waals surface area contributed by atoms with E-state index < -0.39 is 0 Å². The van der Waals surface area contributed by atoms with Crippen LogP contribution in [0.2, 0.25) is 5.02 Å². The number of hydrogen-bond acceptors (Lipinski definition) is 2. The van der Waals surface area contributed by atoms with Crippen LogP contribution in [0.1, 0.15) is 15.9 Å². The molecule has 0 saturated carbocycles. The van der Waals surface area contributed by atoms with E-state index in [9.17, 15) is 4.79 Å². The summed E-state index contributed by atoms with van der Waals surface area (Å²) < 4.78 is 1.07. The second-order valence-corrected chi connectivity index (χ2v) is 6.44. The van der Waals surface area contributed by atoms with Gasteiger partial charge in [-0.05, 0) is 83.7 Å². The molecule has 0 aromatic heterocycles. The fraction of sp³-hybridized carbons (Fsp3) is 0.0667. The van der Waals surface area contributed by atoms with Gasteiger partial charge in [0.15, 0.2) is 5.11 Å². The van der Waals surface area contributed by atoms with Gasteiger partial charge in [-0.2, -0.15) is 0 Å². The zero-order chi connectivity index (χ0) is 15.4. The number of hydrogen-bond donors (Lipinski definition) is 2. The molecule has 1 amide bonds. The summed E-state index contributed by atoms with van der Waals surface area (Å²) in [5.41, 5.74) is 2.27. The Morgan fingerprint density at radius 2 is 1.86 bits per heavy atom. The predicted molar refractivity (Wildman–Crippen MR) is 99.0 cm³/mol. The van der Waals surface area contributed by atoms with Gasteiger partial charge in [-0.1, -0.05) is 17.7 Å². The Kier molecular flexibility index (Phi) is 5.55. The molecular formula is C15H12ClIN2OS. The normalized spacial score (nSPS) is 10.0. The van der Waals surface area contributed by atoms with Gasteiger partial charge in [0.25, 0.3) is 5.91 Å². The molecule has 0 aliphatic heterocycles. The first-order valence-corrected chi connectivity index (χ1v) is 7.96. The van der Waals surface area contributed by atoms with Crippen LogP contribution in [0, 0.1) is 10.5 Å². The lowest BCUT2D eigenvalue weighted by atomic mass is 10.2. The summed E-state index contributed by atoms with van der Waals surface area (Å²) in [5.74, 6) is -0.248. The molecule has 0 spiro atoms. The van der Waals surface area contributed by atoms with E-state index in [0.717, 1.165) is 14.8 Å². The molecule has 0 saturated heterocycles. The first-order chi connectivity index (χ1) is 9.95. The molecule has 2 rings (SSSR count). The highest BCUT2D eigenvalue weighted by molar-refractivity contribution is 14.1. The first kappa shape index (κ1) is 16.2. The highest BCUT2D eigenvalue weighted by Gasteiger charge is 2.08. The summed E-state index contributed by atoms with van der Waals surface area (Å²) >= 11 is 13.4. The van der Waals surface area contributed by atoms with E-state index in [2.05, 4.69) is 33.2 Å². The number of benzene rings is 2. The minimum Gasteiger partial charge on any atom is -0.332 e. The molecule has 2 aromatic rings. The maximum Gasteiger partial charge on any atom is 0.257 e. The van der Waals surface area contributed by atoms with Gasteiger partial charge in [0.1, 0.15) is 0 Å². The molecule has 21 heavy (non-hydrogen) atoms. The van der Waals surface area contributed by atoms with Gasteiger partial charge < -0.3 is 5.32 Å².